The molecule has 1 aliphatic heterocycles. The smallest absolute Gasteiger partial charge is 0.287 e. The summed E-state index contributed by atoms with van der Waals surface area (Å²) in [6.07, 6.45) is 5.51. The lowest BCUT2D eigenvalue weighted by molar-refractivity contribution is -0.145. The van der Waals surface area contributed by atoms with E-state index in [2.05, 4.69) is 10.3 Å². The summed E-state index contributed by atoms with van der Waals surface area (Å²) in [5, 5.41) is 10.9. The molecule has 2 atom stereocenters. The third kappa shape index (κ3) is 3.95. The van der Waals surface area contributed by atoms with Crippen molar-refractivity contribution in [2.45, 2.75) is 43.7 Å². The van der Waals surface area contributed by atoms with Gasteiger partial charge in [0.15, 0.2) is 0 Å². The maximum atomic E-state index is 13.2. The molecule has 1 aromatic rings. The van der Waals surface area contributed by atoms with Crippen molar-refractivity contribution in [3.8, 4) is 0 Å². The number of hydrogen-bond donors (Lipinski definition) is 2. The number of carbonyl (C=O) groups excluding carboxylic acids is 2. The van der Waals surface area contributed by atoms with Crippen LogP contribution in [0.4, 0.5) is 8.78 Å². The van der Waals surface area contributed by atoms with Gasteiger partial charge in [0.2, 0.25) is 11.8 Å². The summed E-state index contributed by atoms with van der Waals surface area (Å²) >= 11 is 0. The number of pyridine rings is 1. The minimum atomic E-state index is -3.36. The zero-order valence-corrected chi connectivity index (χ0v) is 13.7. The Labute approximate surface area is 144 Å². The third-order valence-corrected chi connectivity index (χ3v) is 4.72. The Bertz CT molecular complexity index is 637. The van der Waals surface area contributed by atoms with E-state index < -0.39 is 36.9 Å². The van der Waals surface area contributed by atoms with Crippen LogP contribution in [0.1, 0.15) is 37.3 Å². The maximum absolute atomic E-state index is 13.2. The van der Waals surface area contributed by atoms with Crippen molar-refractivity contribution in [3.63, 3.8) is 0 Å². The van der Waals surface area contributed by atoms with Crippen LogP contribution >= 0.6 is 0 Å². The highest BCUT2D eigenvalue weighted by molar-refractivity contribution is 5.85. The predicted molar refractivity (Wildman–Crippen MR) is 84.6 cm³/mol. The van der Waals surface area contributed by atoms with E-state index >= 15 is 0 Å². The molecule has 25 heavy (non-hydrogen) atoms. The van der Waals surface area contributed by atoms with Gasteiger partial charge in [-0.15, -0.1) is 0 Å². The van der Waals surface area contributed by atoms with Gasteiger partial charge in [-0.1, -0.05) is 0 Å². The summed E-state index contributed by atoms with van der Waals surface area (Å²) in [6, 6.07) is 3.14. The lowest BCUT2D eigenvalue weighted by atomic mass is 9.83. The van der Waals surface area contributed by atoms with E-state index in [9.17, 15) is 18.4 Å². The first-order chi connectivity index (χ1) is 11.9. The van der Waals surface area contributed by atoms with Crippen LogP contribution in [0.5, 0.6) is 0 Å². The fraction of sp³-hybridized carbons (Fsp3) is 0.588. The van der Waals surface area contributed by atoms with E-state index in [-0.39, 0.29) is 18.4 Å². The zero-order chi connectivity index (χ0) is 18.0. The van der Waals surface area contributed by atoms with E-state index in [1.807, 2.05) is 0 Å². The second-order valence-electron chi connectivity index (χ2n) is 6.63. The van der Waals surface area contributed by atoms with Crippen molar-refractivity contribution in [3.05, 3.63) is 30.1 Å². The van der Waals surface area contributed by atoms with Crippen LogP contribution in [0.2, 0.25) is 0 Å². The number of aliphatic hydroxyl groups is 1. The molecule has 8 heteroatoms. The molecule has 0 unspecified atom stereocenters. The van der Waals surface area contributed by atoms with Crippen LogP contribution in [0.15, 0.2) is 24.5 Å². The monoisotopic (exact) mass is 353 g/mol. The Morgan fingerprint density at radius 1 is 1.32 bits per heavy atom. The Balaban J connectivity index is 1.83. The number of piperidine rings is 1. The number of nitrogens with one attached hydrogen (secondary N) is 1. The number of carbonyl (C=O) groups is 2. The second kappa shape index (κ2) is 7.03. The van der Waals surface area contributed by atoms with Crippen molar-refractivity contribution in [2.75, 3.05) is 13.2 Å². The number of aromatic nitrogens is 1. The molecule has 2 amide bonds. The van der Waals surface area contributed by atoms with Gasteiger partial charge in [-0.25, -0.2) is 8.78 Å². The lowest BCUT2D eigenvalue weighted by Gasteiger charge is -2.41. The molecule has 2 aliphatic rings. The first kappa shape index (κ1) is 17.7. The summed E-state index contributed by atoms with van der Waals surface area (Å²) in [5.41, 5.74) is 0.781. The molecule has 1 saturated heterocycles. The fourth-order valence-electron chi connectivity index (χ4n) is 3.33. The van der Waals surface area contributed by atoms with E-state index in [1.165, 1.54) is 0 Å². The largest absolute Gasteiger partial charge is 0.390 e. The number of alkyl halides is 2. The third-order valence-electron chi connectivity index (χ3n) is 4.72. The van der Waals surface area contributed by atoms with Gasteiger partial charge in [0.05, 0.1) is 18.5 Å². The van der Waals surface area contributed by atoms with Crippen LogP contribution in [-0.4, -0.2) is 51.9 Å². The molecule has 2 heterocycles. The van der Waals surface area contributed by atoms with Crippen LogP contribution in [-0.2, 0) is 9.59 Å². The van der Waals surface area contributed by atoms with Gasteiger partial charge in [-0.2, -0.15) is 0 Å². The average Bonchev–Trinajstić information content (AvgIpc) is 3.45. The summed E-state index contributed by atoms with van der Waals surface area (Å²) in [7, 11) is 0. The Kier molecular flexibility index (Phi) is 4.99. The Morgan fingerprint density at radius 3 is 2.60 bits per heavy atom. The number of hydrogen-bond acceptors (Lipinski definition) is 4. The molecule has 2 fully saturated rings. The average molecular weight is 353 g/mol. The lowest BCUT2D eigenvalue weighted by Crippen LogP contribution is -2.50. The fourth-order valence-corrected chi connectivity index (χ4v) is 3.33. The van der Waals surface area contributed by atoms with Crippen LogP contribution in [0.3, 0.4) is 0 Å². The van der Waals surface area contributed by atoms with Crippen molar-refractivity contribution in [1.29, 1.82) is 0 Å². The van der Waals surface area contributed by atoms with Crippen LogP contribution in [0.25, 0.3) is 0 Å². The van der Waals surface area contributed by atoms with E-state index in [1.54, 1.807) is 29.4 Å². The number of nitrogens with zero attached hydrogens (tertiary/aromatic N) is 2. The molecule has 6 nitrogen and oxygen atoms in total. The van der Waals surface area contributed by atoms with Crippen molar-refractivity contribution < 1.29 is 23.5 Å². The standard InChI is InChI=1S/C17H21F2N3O3/c18-17(19,10-23)9-21-16(25)13-3-4-14(24)22(12-1-2-12)15(13)11-5-7-20-8-6-11/h5-8,12-13,15,23H,1-4,9-10H2,(H,21,25)/t13-,15+/m0/s1. The van der Waals surface area contributed by atoms with Gasteiger partial charge >= 0.3 is 0 Å². The van der Waals surface area contributed by atoms with Crippen LogP contribution < -0.4 is 5.32 Å². The maximum Gasteiger partial charge on any atom is 0.287 e. The highest BCUT2D eigenvalue weighted by atomic mass is 19.3. The number of likely N-dealkylation sites (tertiary alicyclic amines) is 1. The molecular weight excluding hydrogens is 332 g/mol. The molecule has 1 aliphatic carbocycles. The van der Waals surface area contributed by atoms with Crippen molar-refractivity contribution in [1.82, 2.24) is 15.2 Å². The van der Waals surface area contributed by atoms with Gasteiger partial charge in [0.25, 0.3) is 5.92 Å². The molecule has 136 valence electrons. The topological polar surface area (TPSA) is 82.5 Å². The summed E-state index contributed by atoms with van der Waals surface area (Å²) in [6.45, 7) is -2.24. The highest BCUT2D eigenvalue weighted by Gasteiger charge is 2.46. The van der Waals surface area contributed by atoms with Gasteiger partial charge in [-0.05, 0) is 37.0 Å². The van der Waals surface area contributed by atoms with Gasteiger partial charge in [-0.3, -0.25) is 14.6 Å². The van der Waals surface area contributed by atoms with Gasteiger partial charge < -0.3 is 15.3 Å². The van der Waals surface area contributed by atoms with Gasteiger partial charge in [0.1, 0.15) is 6.61 Å². The summed E-state index contributed by atoms with van der Waals surface area (Å²) in [5.74, 6) is -4.49. The molecule has 0 bridgehead atoms. The van der Waals surface area contributed by atoms with E-state index in [0.717, 1.165) is 18.4 Å². The van der Waals surface area contributed by atoms with E-state index in [0.29, 0.717) is 6.42 Å². The quantitative estimate of drug-likeness (QED) is 0.807. The normalized spacial score (nSPS) is 24.3. The first-order valence-corrected chi connectivity index (χ1v) is 8.40. The molecule has 1 saturated carbocycles. The molecule has 0 radical (unpaired) electrons. The Morgan fingerprint density at radius 2 is 2.00 bits per heavy atom. The number of amides is 2. The summed E-state index contributed by atoms with van der Waals surface area (Å²) < 4.78 is 26.5. The van der Waals surface area contributed by atoms with Crippen molar-refractivity contribution >= 4 is 11.8 Å². The van der Waals surface area contributed by atoms with Gasteiger partial charge in [0, 0.05) is 24.9 Å². The molecular formula is C17H21F2N3O3. The molecule has 0 spiro atoms. The minimum Gasteiger partial charge on any atom is -0.390 e. The predicted octanol–water partition coefficient (Wildman–Crippen LogP) is 1.27. The number of halogens is 2. The Hall–Kier alpha value is -2.09. The SMILES string of the molecule is O=C(NCC(F)(F)CO)[C@H]1CCC(=O)N(C2CC2)[C@@H]1c1ccncc1. The first-order valence-electron chi connectivity index (χ1n) is 8.40. The zero-order valence-electron chi connectivity index (χ0n) is 13.7. The number of rotatable bonds is 6. The molecule has 1 aromatic heterocycles. The summed E-state index contributed by atoms with van der Waals surface area (Å²) in [4.78, 5) is 30.7. The van der Waals surface area contributed by atoms with Crippen LogP contribution in [0, 0.1) is 5.92 Å². The highest BCUT2D eigenvalue weighted by Crippen LogP contribution is 2.43. The second-order valence-corrected chi connectivity index (χ2v) is 6.63. The minimum absolute atomic E-state index is 0.00551. The molecule has 2 N–H and O–H groups in total. The van der Waals surface area contributed by atoms with Crippen molar-refractivity contribution in [2.24, 2.45) is 5.92 Å². The number of aliphatic hydroxyl groups excluding tert-OH is 1. The molecule has 3 rings (SSSR count). The molecule has 0 aromatic carbocycles. The van der Waals surface area contributed by atoms with E-state index in [4.69, 9.17) is 5.11 Å².